The topological polar surface area (TPSA) is 54.9 Å². The molecule has 17 heavy (non-hydrogen) atoms. The van der Waals surface area contributed by atoms with E-state index in [1.54, 1.807) is 12.4 Å². The predicted octanol–water partition coefficient (Wildman–Crippen LogP) is 2.41. The van der Waals surface area contributed by atoms with Crippen molar-refractivity contribution in [1.82, 2.24) is 9.97 Å². The van der Waals surface area contributed by atoms with Gasteiger partial charge in [0.2, 0.25) is 5.91 Å². The molecule has 0 aliphatic heterocycles. The summed E-state index contributed by atoms with van der Waals surface area (Å²) in [4.78, 5) is 19.3. The van der Waals surface area contributed by atoms with Crippen LogP contribution < -0.4 is 5.32 Å². The molecule has 1 aromatic heterocycles. The summed E-state index contributed by atoms with van der Waals surface area (Å²) < 4.78 is 0. The highest BCUT2D eigenvalue weighted by atomic mass is 16.1. The van der Waals surface area contributed by atoms with Crippen molar-refractivity contribution in [2.24, 2.45) is 0 Å². The number of hydrogen-bond acceptors (Lipinski definition) is 3. The third-order valence-electron chi connectivity index (χ3n) is 2.28. The van der Waals surface area contributed by atoms with Crippen molar-refractivity contribution in [1.29, 1.82) is 0 Å². The van der Waals surface area contributed by atoms with Gasteiger partial charge < -0.3 is 5.32 Å². The van der Waals surface area contributed by atoms with E-state index in [-0.39, 0.29) is 5.91 Å². The van der Waals surface area contributed by atoms with Crippen LogP contribution in [0.5, 0.6) is 0 Å². The fraction of sp³-hybridized carbons (Fsp3) is 0.154. The van der Waals surface area contributed by atoms with E-state index in [2.05, 4.69) is 15.3 Å². The Morgan fingerprint density at radius 3 is 2.24 bits per heavy atom. The van der Waals surface area contributed by atoms with Gasteiger partial charge in [0.05, 0.1) is 18.1 Å². The predicted molar refractivity (Wildman–Crippen MR) is 66.5 cm³/mol. The average Bonchev–Trinajstić information content (AvgIpc) is 2.30. The van der Waals surface area contributed by atoms with Crippen LogP contribution in [-0.2, 0) is 4.79 Å². The Kier molecular flexibility index (Phi) is 3.14. The molecule has 2 rings (SSSR count). The van der Waals surface area contributed by atoms with Gasteiger partial charge in [0.1, 0.15) is 0 Å². The molecule has 0 saturated heterocycles. The van der Waals surface area contributed by atoms with Gasteiger partial charge in [-0.05, 0) is 6.92 Å². The molecular formula is C13H13N3O. The van der Waals surface area contributed by atoms with E-state index in [4.69, 9.17) is 0 Å². The Morgan fingerprint density at radius 2 is 1.71 bits per heavy atom. The number of aromatic nitrogens is 2. The van der Waals surface area contributed by atoms with Crippen molar-refractivity contribution >= 4 is 11.6 Å². The van der Waals surface area contributed by atoms with Gasteiger partial charge >= 0.3 is 0 Å². The molecule has 1 amide bonds. The van der Waals surface area contributed by atoms with Gasteiger partial charge in [0.15, 0.2) is 5.82 Å². The fourth-order valence-corrected chi connectivity index (χ4v) is 1.45. The molecule has 0 saturated carbocycles. The molecule has 0 radical (unpaired) electrons. The zero-order valence-corrected chi connectivity index (χ0v) is 9.77. The fourth-order valence-electron chi connectivity index (χ4n) is 1.45. The minimum Gasteiger partial charge on any atom is -0.324 e. The molecule has 0 spiro atoms. The Morgan fingerprint density at radius 1 is 1.12 bits per heavy atom. The number of nitrogens with zero attached hydrogens (tertiary/aromatic N) is 2. The van der Waals surface area contributed by atoms with Gasteiger partial charge in [0.25, 0.3) is 0 Å². The summed E-state index contributed by atoms with van der Waals surface area (Å²) in [5, 5.41) is 2.63. The van der Waals surface area contributed by atoms with Gasteiger partial charge in [-0.25, -0.2) is 9.97 Å². The Bertz CT molecular complexity index is 517. The lowest BCUT2D eigenvalue weighted by Gasteiger charge is -2.03. The molecule has 0 fully saturated rings. The lowest BCUT2D eigenvalue weighted by molar-refractivity contribution is -0.114. The summed E-state index contributed by atoms with van der Waals surface area (Å²) in [5.41, 5.74) is 2.77. The van der Waals surface area contributed by atoms with Crippen LogP contribution in [0.15, 0.2) is 36.7 Å². The lowest BCUT2D eigenvalue weighted by Crippen LogP contribution is -2.06. The number of benzene rings is 1. The molecule has 1 heterocycles. The average molecular weight is 227 g/mol. The van der Waals surface area contributed by atoms with Crippen LogP contribution in [0.25, 0.3) is 11.4 Å². The Labute approximate surface area is 99.7 Å². The maximum absolute atomic E-state index is 10.8. The molecule has 2 aromatic rings. The standard InChI is InChI=1S/C13H13N3O/c1-9-3-5-11(6-4-9)13-14-7-12(8-15-13)16-10(2)17/h3-8H,1-2H3,(H,16,17). The number of nitrogens with one attached hydrogen (secondary N) is 1. The summed E-state index contributed by atoms with van der Waals surface area (Å²) in [7, 11) is 0. The first-order valence-electron chi connectivity index (χ1n) is 5.32. The lowest BCUT2D eigenvalue weighted by atomic mass is 10.1. The maximum atomic E-state index is 10.8. The zero-order valence-electron chi connectivity index (χ0n) is 9.77. The number of aryl methyl sites for hydroxylation is 1. The summed E-state index contributed by atoms with van der Waals surface area (Å²) in [6.45, 7) is 3.48. The van der Waals surface area contributed by atoms with E-state index in [0.29, 0.717) is 11.5 Å². The number of carbonyl (C=O) groups is 1. The van der Waals surface area contributed by atoms with E-state index in [0.717, 1.165) is 5.56 Å². The Balaban J connectivity index is 2.23. The molecule has 0 aliphatic carbocycles. The van der Waals surface area contributed by atoms with Crippen LogP contribution >= 0.6 is 0 Å². The van der Waals surface area contributed by atoms with E-state index in [1.165, 1.54) is 12.5 Å². The zero-order chi connectivity index (χ0) is 12.3. The van der Waals surface area contributed by atoms with Crippen molar-refractivity contribution < 1.29 is 4.79 Å². The van der Waals surface area contributed by atoms with Crippen LogP contribution in [0.2, 0.25) is 0 Å². The highest BCUT2D eigenvalue weighted by Gasteiger charge is 2.01. The van der Waals surface area contributed by atoms with Crippen LogP contribution in [0.4, 0.5) is 5.69 Å². The van der Waals surface area contributed by atoms with Gasteiger partial charge in [0, 0.05) is 12.5 Å². The smallest absolute Gasteiger partial charge is 0.221 e. The number of amides is 1. The van der Waals surface area contributed by atoms with Crippen LogP contribution in [0.1, 0.15) is 12.5 Å². The minimum absolute atomic E-state index is 0.128. The highest BCUT2D eigenvalue weighted by Crippen LogP contribution is 2.16. The van der Waals surface area contributed by atoms with Gasteiger partial charge in [-0.3, -0.25) is 4.79 Å². The largest absolute Gasteiger partial charge is 0.324 e. The Hall–Kier alpha value is -2.23. The van der Waals surface area contributed by atoms with Gasteiger partial charge in [-0.1, -0.05) is 29.8 Å². The molecule has 4 heteroatoms. The number of hydrogen-bond donors (Lipinski definition) is 1. The second-order valence-corrected chi connectivity index (χ2v) is 3.84. The van der Waals surface area contributed by atoms with E-state index < -0.39 is 0 Å². The molecule has 0 atom stereocenters. The maximum Gasteiger partial charge on any atom is 0.221 e. The summed E-state index contributed by atoms with van der Waals surface area (Å²) in [6.07, 6.45) is 3.20. The summed E-state index contributed by atoms with van der Waals surface area (Å²) in [6, 6.07) is 7.98. The first-order chi connectivity index (χ1) is 8.15. The van der Waals surface area contributed by atoms with E-state index in [1.807, 2.05) is 31.2 Å². The third-order valence-corrected chi connectivity index (χ3v) is 2.28. The molecule has 0 aliphatic rings. The van der Waals surface area contributed by atoms with E-state index >= 15 is 0 Å². The summed E-state index contributed by atoms with van der Waals surface area (Å²) >= 11 is 0. The molecule has 86 valence electrons. The van der Waals surface area contributed by atoms with Crippen molar-refractivity contribution in [2.45, 2.75) is 13.8 Å². The number of carbonyl (C=O) groups excluding carboxylic acids is 1. The quantitative estimate of drug-likeness (QED) is 0.857. The molecule has 1 aromatic carbocycles. The van der Waals surface area contributed by atoms with Crippen molar-refractivity contribution in [3.05, 3.63) is 42.2 Å². The van der Waals surface area contributed by atoms with Gasteiger partial charge in [-0.15, -0.1) is 0 Å². The molecular weight excluding hydrogens is 214 g/mol. The van der Waals surface area contributed by atoms with Crippen LogP contribution in [0, 0.1) is 6.92 Å². The second-order valence-electron chi connectivity index (χ2n) is 3.84. The third kappa shape index (κ3) is 2.87. The molecule has 4 nitrogen and oxygen atoms in total. The normalized spacial score (nSPS) is 10.0. The molecule has 1 N–H and O–H groups in total. The monoisotopic (exact) mass is 227 g/mol. The molecule has 0 unspecified atom stereocenters. The number of rotatable bonds is 2. The van der Waals surface area contributed by atoms with Crippen molar-refractivity contribution in [3.63, 3.8) is 0 Å². The first-order valence-corrected chi connectivity index (χ1v) is 5.32. The highest BCUT2D eigenvalue weighted by molar-refractivity contribution is 5.88. The summed E-state index contributed by atoms with van der Waals surface area (Å²) in [5.74, 6) is 0.524. The minimum atomic E-state index is -0.128. The molecule has 0 bridgehead atoms. The SMILES string of the molecule is CC(=O)Nc1cnc(-c2ccc(C)cc2)nc1. The first kappa shape index (κ1) is 11.3. The number of anilines is 1. The van der Waals surface area contributed by atoms with Crippen molar-refractivity contribution in [2.75, 3.05) is 5.32 Å². The van der Waals surface area contributed by atoms with Crippen molar-refractivity contribution in [3.8, 4) is 11.4 Å². The van der Waals surface area contributed by atoms with Crippen LogP contribution in [-0.4, -0.2) is 15.9 Å². The van der Waals surface area contributed by atoms with E-state index in [9.17, 15) is 4.79 Å². The van der Waals surface area contributed by atoms with Crippen LogP contribution in [0.3, 0.4) is 0 Å². The second kappa shape index (κ2) is 4.74. The van der Waals surface area contributed by atoms with Gasteiger partial charge in [-0.2, -0.15) is 0 Å².